The second-order valence-electron chi connectivity index (χ2n) is 2.85. The van der Waals surface area contributed by atoms with Crippen molar-refractivity contribution < 1.29 is 14.7 Å². The number of carboxylic acids is 1. The van der Waals surface area contributed by atoms with E-state index in [0.29, 0.717) is 5.69 Å². The van der Waals surface area contributed by atoms with Gasteiger partial charge in [-0.3, -0.25) is 4.79 Å². The Kier molecular flexibility index (Phi) is 3.56. The Hall–Kier alpha value is -2.17. The zero-order valence-corrected chi connectivity index (χ0v) is 7.86. The van der Waals surface area contributed by atoms with Gasteiger partial charge in [0.25, 0.3) is 0 Å². The highest BCUT2D eigenvalue weighted by molar-refractivity contribution is 6.27. The molecule has 0 atom stereocenters. The van der Waals surface area contributed by atoms with Gasteiger partial charge in [0.15, 0.2) is 5.78 Å². The molecule has 0 aliphatic rings. The van der Waals surface area contributed by atoms with Crippen LogP contribution in [0.15, 0.2) is 24.3 Å². The maximum absolute atomic E-state index is 10.8. The maximum Gasteiger partial charge on any atom is 0.335 e. The Morgan fingerprint density at radius 2 is 1.93 bits per heavy atom. The number of aromatic carboxylic acids is 1. The largest absolute Gasteiger partial charge is 0.478 e. The fourth-order valence-corrected chi connectivity index (χ4v) is 0.971. The summed E-state index contributed by atoms with van der Waals surface area (Å²) < 4.78 is 0. The van der Waals surface area contributed by atoms with Crippen molar-refractivity contribution in [3.05, 3.63) is 29.8 Å². The van der Waals surface area contributed by atoms with Gasteiger partial charge in [-0.25, -0.2) is 4.79 Å². The highest BCUT2D eigenvalue weighted by atomic mass is 16.4. The van der Waals surface area contributed by atoms with Gasteiger partial charge in [-0.2, -0.15) is 0 Å². The average molecular weight is 206 g/mol. The molecule has 0 aliphatic carbocycles. The van der Waals surface area contributed by atoms with E-state index < -0.39 is 5.97 Å². The number of carboxylic acid groups (broad SMARTS) is 1. The summed E-state index contributed by atoms with van der Waals surface area (Å²) in [6.45, 7) is 0.0376. The van der Waals surface area contributed by atoms with Crippen molar-refractivity contribution >= 4 is 23.7 Å². The maximum atomic E-state index is 10.8. The van der Waals surface area contributed by atoms with Gasteiger partial charge >= 0.3 is 5.97 Å². The number of nitrogens with one attached hydrogen (secondary N) is 2. The quantitative estimate of drug-likeness (QED) is 0.627. The van der Waals surface area contributed by atoms with E-state index in [0.717, 1.165) is 6.21 Å². The molecular formula is C10H10N2O3. The number of anilines is 1. The minimum Gasteiger partial charge on any atom is -0.478 e. The highest BCUT2D eigenvalue weighted by Crippen LogP contribution is 2.08. The molecule has 0 aromatic heterocycles. The lowest BCUT2D eigenvalue weighted by Gasteiger charge is -2.03. The summed E-state index contributed by atoms with van der Waals surface area (Å²) in [5.41, 5.74) is 0.842. The Morgan fingerprint density at radius 1 is 1.33 bits per heavy atom. The fourth-order valence-electron chi connectivity index (χ4n) is 0.971. The first-order valence-electron chi connectivity index (χ1n) is 4.24. The minimum atomic E-state index is -0.989. The number of ketones is 1. The second kappa shape index (κ2) is 4.90. The van der Waals surface area contributed by atoms with Crippen molar-refractivity contribution in [2.45, 2.75) is 0 Å². The van der Waals surface area contributed by atoms with Crippen molar-refractivity contribution in [1.82, 2.24) is 0 Å². The normalized spacial score (nSPS) is 9.33. The molecule has 1 aromatic carbocycles. The topological polar surface area (TPSA) is 90.3 Å². The number of Topliss-reactive ketones (excluding diaryl/α,β-unsaturated/α-hetero) is 1. The summed E-state index contributed by atoms with van der Waals surface area (Å²) in [6, 6.07) is 6.03. The first kappa shape index (κ1) is 10.9. The summed E-state index contributed by atoms with van der Waals surface area (Å²) in [5, 5.41) is 18.1. The molecule has 0 bridgehead atoms. The molecule has 78 valence electrons. The molecule has 1 aromatic rings. The Morgan fingerprint density at radius 3 is 2.40 bits per heavy atom. The van der Waals surface area contributed by atoms with Crippen LogP contribution in [-0.4, -0.2) is 29.6 Å². The van der Waals surface area contributed by atoms with Crippen molar-refractivity contribution in [3.63, 3.8) is 0 Å². The monoisotopic (exact) mass is 206 g/mol. The predicted molar refractivity (Wildman–Crippen MR) is 55.7 cm³/mol. The number of hydrogen-bond acceptors (Lipinski definition) is 4. The summed E-state index contributed by atoms with van der Waals surface area (Å²) >= 11 is 0. The second-order valence-corrected chi connectivity index (χ2v) is 2.85. The van der Waals surface area contributed by atoms with E-state index in [-0.39, 0.29) is 17.9 Å². The molecule has 0 heterocycles. The third-order valence-electron chi connectivity index (χ3n) is 1.76. The molecule has 1 rings (SSSR count). The molecule has 0 saturated heterocycles. The third-order valence-corrected chi connectivity index (χ3v) is 1.76. The molecule has 15 heavy (non-hydrogen) atoms. The summed E-state index contributed by atoms with van der Waals surface area (Å²) in [7, 11) is 0. The first-order valence-corrected chi connectivity index (χ1v) is 4.24. The molecule has 0 amide bonds. The van der Waals surface area contributed by atoms with Crippen LogP contribution in [0.5, 0.6) is 0 Å². The molecule has 0 saturated carbocycles. The lowest BCUT2D eigenvalue weighted by molar-refractivity contribution is -0.111. The number of hydrogen-bond donors (Lipinski definition) is 3. The lowest BCUT2D eigenvalue weighted by atomic mass is 10.2. The van der Waals surface area contributed by atoms with Gasteiger partial charge < -0.3 is 15.8 Å². The van der Waals surface area contributed by atoms with Crippen LogP contribution in [-0.2, 0) is 4.79 Å². The summed E-state index contributed by atoms with van der Waals surface area (Å²) in [6.07, 6.45) is 0.735. The van der Waals surface area contributed by atoms with Gasteiger partial charge in [-0.1, -0.05) is 0 Å². The average Bonchev–Trinajstić information content (AvgIpc) is 2.26. The van der Waals surface area contributed by atoms with E-state index in [1.165, 1.54) is 12.1 Å². The van der Waals surface area contributed by atoms with Crippen LogP contribution < -0.4 is 5.32 Å². The van der Waals surface area contributed by atoms with Crippen LogP contribution >= 0.6 is 0 Å². The van der Waals surface area contributed by atoms with E-state index >= 15 is 0 Å². The molecule has 5 heteroatoms. The van der Waals surface area contributed by atoms with E-state index in [4.69, 9.17) is 10.5 Å². The number of benzene rings is 1. The zero-order chi connectivity index (χ0) is 11.3. The van der Waals surface area contributed by atoms with Gasteiger partial charge in [-0.05, 0) is 24.3 Å². The number of carbonyl (C=O) groups is 2. The summed E-state index contributed by atoms with van der Waals surface area (Å²) in [4.78, 5) is 21.3. The van der Waals surface area contributed by atoms with Gasteiger partial charge in [0, 0.05) is 5.69 Å². The Bertz CT molecular complexity index is 384. The van der Waals surface area contributed by atoms with Crippen LogP contribution in [0.2, 0.25) is 0 Å². The molecule has 0 spiro atoms. The standard InChI is InChI=1S/C10H10N2O3/c11-5-9(13)6-12-8-3-1-7(2-4-8)10(14)15/h1-5,11-12H,6H2,(H,14,15). The predicted octanol–water partition coefficient (Wildman–Crippen LogP) is 1.02. The highest BCUT2D eigenvalue weighted by Gasteiger charge is 2.01. The van der Waals surface area contributed by atoms with E-state index in [2.05, 4.69) is 5.32 Å². The number of rotatable bonds is 5. The van der Waals surface area contributed by atoms with Crippen LogP contribution in [0, 0.1) is 5.41 Å². The molecule has 0 aliphatic heterocycles. The molecular weight excluding hydrogens is 196 g/mol. The van der Waals surface area contributed by atoms with Crippen molar-refractivity contribution in [3.8, 4) is 0 Å². The smallest absolute Gasteiger partial charge is 0.335 e. The lowest BCUT2D eigenvalue weighted by Crippen LogP contribution is -2.14. The van der Waals surface area contributed by atoms with Crippen molar-refractivity contribution in [1.29, 1.82) is 5.41 Å². The number of carbonyl (C=O) groups excluding carboxylic acids is 1. The van der Waals surface area contributed by atoms with E-state index in [9.17, 15) is 9.59 Å². The molecule has 0 unspecified atom stereocenters. The first-order chi connectivity index (χ1) is 7.13. The van der Waals surface area contributed by atoms with Gasteiger partial charge in [0.1, 0.15) is 0 Å². The Balaban J connectivity index is 2.60. The van der Waals surface area contributed by atoms with E-state index in [1.54, 1.807) is 12.1 Å². The van der Waals surface area contributed by atoms with E-state index in [1.807, 2.05) is 0 Å². The Labute approximate surface area is 86.2 Å². The van der Waals surface area contributed by atoms with Crippen LogP contribution in [0.4, 0.5) is 5.69 Å². The zero-order valence-electron chi connectivity index (χ0n) is 7.86. The fraction of sp³-hybridized carbons (Fsp3) is 0.100. The van der Waals surface area contributed by atoms with Gasteiger partial charge in [0.05, 0.1) is 18.3 Å². The summed E-state index contributed by atoms with van der Waals surface area (Å²) in [5.74, 6) is -1.32. The van der Waals surface area contributed by atoms with Crippen LogP contribution in [0.3, 0.4) is 0 Å². The van der Waals surface area contributed by atoms with Crippen molar-refractivity contribution in [2.75, 3.05) is 11.9 Å². The third kappa shape index (κ3) is 3.22. The van der Waals surface area contributed by atoms with Crippen LogP contribution in [0.25, 0.3) is 0 Å². The van der Waals surface area contributed by atoms with Gasteiger partial charge in [0.2, 0.25) is 0 Å². The SMILES string of the molecule is N=CC(=O)CNc1ccc(C(=O)O)cc1. The van der Waals surface area contributed by atoms with Crippen LogP contribution in [0.1, 0.15) is 10.4 Å². The molecule has 0 fully saturated rings. The molecule has 0 radical (unpaired) electrons. The van der Waals surface area contributed by atoms with Crippen molar-refractivity contribution in [2.24, 2.45) is 0 Å². The molecule has 5 nitrogen and oxygen atoms in total. The van der Waals surface area contributed by atoms with Gasteiger partial charge in [-0.15, -0.1) is 0 Å². The minimum absolute atomic E-state index is 0.0376. The molecule has 3 N–H and O–H groups in total.